The number of halogens is 1. The van der Waals surface area contributed by atoms with Gasteiger partial charge in [-0.05, 0) is 46.7 Å². The molecule has 0 aliphatic carbocycles. The zero-order valence-electron chi connectivity index (χ0n) is 13.1. The van der Waals surface area contributed by atoms with E-state index in [-0.39, 0.29) is 5.78 Å². The number of alkyl halides is 1. The molecule has 24 heavy (non-hydrogen) atoms. The Morgan fingerprint density at radius 3 is 2.50 bits per heavy atom. The van der Waals surface area contributed by atoms with E-state index in [2.05, 4.69) is 34.1 Å². The van der Waals surface area contributed by atoms with Gasteiger partial charge in [-0.15, -0.1) is 0 Å². The van der Waals surface area contributed by atoms with Crippen molar-refractivity contribution < 1.29 is 9.53 Å². The third-order valence-electron chi connectivity index (χ3n) is 3.72. The highest BCUT2D eigenvalue weighted by atomic mass is 79.9. The summed E-state index contributed by atoms with van der Waals surface area (Å²) in [7, 11) is 0. The van der Waals surface area contributed by atoms with Crippen LogP contribution in [0.5, 0.6) is 5.75 Å². The van der Waals surface area contributed by atoms with Gasteiger partial charge >= 0.3 is 0 Å². The number of carbonyl (C=O) groups excluding carboxylic acids is 1. The molecule has 3 rings (SSSR count). The van der Waals surface area contributed by atoms with Crippen LogP contribution in [-0.2, 0) is 0 Å². The lowest BCUT2D eigenvalue weighted by Crippen LogP contribution is -1.99. The number of ether oxygens (including phenoxy) is 1. The van der Waals surface area contributed by atoms with Gasteiger partial charge in [0.1, 0.15) is 5.75 Å². The average Bonchev–Trinajstić information content (AvgIpc) is 2.64. The van der Waals surface area contributed by atoms with Gasteiger partial charge in [-0.1, -0.05) is 64.5 Å². The van der Waals surface area contributed by atoms with Gasteiger partial charge in [0, 0.05) is 10.9 Å². The minimum Gasteiger partial charge on any atom is -0.493 e. The van der Waals surface area contributed by atoms with Crippen molar-refractivity contribution in [2.45, 2.75) is 0 Å². The fraction of sp³-hybridized carbons (Fsp3) is 0.0952. The third kappa shape index (κ3) is 3.92. The van der Waals surface area contributed by atoms with Crippen LogP contribution in [0.4, 0.5) is 0 Å². The number of benzene rings is 3. The molecule has 0 spiro atoms. The van der Waals surface area contributed by atoms with Crippen molar-refractivity contribution in [3.8, 4) is 5.75 Å². The molecule has 2 nitrogen and oxygen atoms in total. The first kappa shape index (κ1) is 16.5. The predicted octanol–water partition coefficient (Wildman–Crippen LogP) is 5.51. The lowest BCUT2D eigenvalue weighted by Gasteiger charge is -2.04. The molecule has 120 valence electrons. The molecule has 3 heteroatoms. The van der Waals surface area contributed by atoms with Crippen LogP contribution in [0, 0.1) is 0 Å². The molecule has 0 saturated carbocycles. The van der Waals surface area contributed by atoms with Gasteiger partial charge < -0.3 is 4.74 Å². The molecule has 0 saturated heterocycles. The number of ketones is 1. The number of carbonyl (C=O) groups is 1. The maximum atomic E-state index is 12.3. The van der Waals surface area contributed by atoms with E-state index in [0.717, 1.165) is 22.0 Å². The second kappa shape index (κ2) is 7.93. The Morgan fingerprint density at radius 2 is 1.71 bits per heavy atom. The fourth-order valence-electron chi connectivity index (χ4n) is 2.53. The number of rotatable bonds is 6. The summed E-state index contributed by atoms with van der Waals surface area (Å²) in [5.41, 5.74) is 1.69. The molecular formula is C21H17BrO2. The number of fused-ring (bicyclic) bond motifs is 1. The van der Waals surface area contributed by atoms with Crippen molar-refractivity contribution in [1.29, 1.82) is 0 Å². The van der Waals surface area contributed by atoms with Gasteiger partial charge in [0.05, 0.1) is 6.61 Å². The molecule has 0 aliphatic heterocycles. The highest BCUT2D eigenvalue weighted by Crippen LogP contribution is 2.20. The van der Waals surface area contributed by atoms with Gasteiger partial charge in [-0.2, -0.15) is 0 Å². The largest absolute Gasteiger partial charge is 0.493 e. The van der Waals surface area contributed by atoms with E-state index in [1.807, 2.05) is 42.5 Å². The maximum Gasteiger partial charge on any atom is 0.185 e. The molecule has 0 amide bonds. The molecule has 0 heterocycles. The summed E-state index contributed by atoms with van der Waals surface area (Å²) in [6, 6.07) is 21.5. The minimum atomic E-state index is -0.0185. The molecule has 0 aliphatic rings. The SMILES string of the molecule is O=C(/C=C/c1cccc2ccccc12)c1ccc(OCCBr)cc1. The van der Waals surface area contributed by atoms with Gasteiger partial charge in [0.15, 0.2) is 5.78 Å². The summed E-state index contributed by atoms with van der Waals surface area (Å²) >= 11 is 3.32. The van der Waals surface area contributed by atoms with Crippen molar-refractivity contribution >= 4 is 38.6 Å². The van der Waals surface area contributed by atoms with E-state index in [0.29, 0.717) is 12.2 Å². The molecule has 0 N–H and O–H groups in total. The highest BCUT2D eigenvalue weighted by Gasteiger charge is 2.03. The quantitative estimate of drug-likeness (QED) is 0.320. The normalized spacial score (nSPS) is 11.0. The number of hydrogen-bond acceptors (Lipinski definition) is 2. The second-order valence-corrected chi connectivity index (χ2v) is 6.12. The van der Waals surface area contributed by atoms with Crippen LogP contribution in [0.2, 0.25) is 0 Å². The molecule has 0 aromatic heterocycles. The van der Waals surface area contributed by atoms with E-state index in [1.54, 1.807) is 18.2 Å². The van der Waals surface area contributed by atoms with Gasteiger partial charge in [-0.25, -0.2) is 0 Å². The van der Waals surface area contributed by atoms with Crippen LogP contribution >= 0.6 is 15.9 Å². The summed E-state index contributed by atoms with van der Waals surface area (Å²) in [5.74, 6) is 0.749. The first-order chi connectivity index (χ1) is 11.8. The molecular weight excluding hydrogens is 364 g/mol. The Kier molecular flexibility index (Phi) is 5.44. The summed E-state index contributed by atoms with van der Waals surface area (Å²) in [5, 5.41) is 3.09. The summed E-state index contributed by atoms with van der Waals surface area (Å²) in [6.07, 6.45) is 3.50. The Balaban J connectivity index is 1.77. The molecule has 0 bridgehead atoms. The lowest BCUT2D eigenvalue weighted by molar-refractivity contribution is 0.104. The van der Waals surface area contributed by atoms with E-state index in [1.165, 1.54) is 5.39 Å². The lowest BCUT2D eigenvalue weighted by atomic mass is 10.0. The zero-order chi connectivity index (χ0) is 16.8. The van der Waals surface area contributed by atoms with Crippen molar-refractivity contribution in [3.05, 3.63) is 83.9 Å². The van der Waals surface area contributed by atoms with Gasteiger partial charge in [0.2, 0.25) is 0 Å². The highest BCUT2D eigenvalue weighted by molar-refractivity contribution is 9.09. The average molecular weight is 381 g/mol. The first-order valence-corrected chi connectivity index (χ1v) is 8.89. The van der Waals surface area contributed by atoms with Crippen molar-refractivity contribution in [3.63, 3.8) is 0 Å². The van der Waals surface area contributed by atoms with Crippen LogP contribution in [0.25, 0.3) is 16.8 Å². The summed E-state index contributed by atoms with van der Waals surface area (Å²) in [6.45, 7) is 0.605. The number of allylic oxidation sites excluding steroid dienone is 1. The topological polar surface area (TPSA) is 26.3 Å². The zero-order valence-corrected chi connectivity index (χ0v) is 14.7. The van der Waals surface area contributed by atoms with Crippen molar-refractivity contribution in [2.75, 3.05) is 11.9 Å². The Labute approximate surface area is 149 Å². The molecule has 0 fully saturated rings. The molecule has 3 aromatic rings. The van der Waals surface area contributed by atoms with E-state index in [4.69, 9.17) is 4.74 Å². The maximum absolute atomic E-state index is 12.3. The molecule has 3 aromatic carbocycles. The summed E-state index contributed by atoms with van der Waals surface area (Å²) in [4.78, 5) is 12.3. The first-order valence-electron chi connectivity index (χ1n) is 7.77. The fourth-order valence-corrected chi connectivity index (χ4v) is 2.69. The Morgan fingerprint density at radius 1 is 0.958 bits per heavy atom. The second-order valence-electron chi connectivity index (χ2n) is 5.33. The smallest absolute Gasteiger partial charge is 0.185 e. The van der Waals surface area contributed by atoms with Crippen LogP contribution in [0.3, 0.4) is 0 Å². The minimum absolute atomic E-state index is 0.0185. The predicted molar refractivity (Wildman–Crippen MR) is 103 cm³/mol. The van der Waals surface area contributed by atoms with Gasteiger partial charge in [-0.3, -0.25) is 4.79 Å². The summed E-state index contributed by atoms with van der Waals surface area (Å²) < 4.78 is 5.49. The van der Waals surface area contributed by atoms with Crippen LogP contribution in [0.15, 0.2) is 72.8 Å². The number of hydrogen-bond donors (Lipinski definition) is 0. The standard InChI is InChI=1S/C21H17BrO2/c22-14-15-24-19-11-8-18(9-12-19)21(23)13-10-17-6-3-5-16-4-1-2-7-20(16)17/h1-13H,14-15H2/b13-10+. The van der Waals surface area contributed by atoms with Gasteiger partial charge in [0.25, 0.3) is 0 Å². The van der Waals surface area contributed by atoms with Crippen LogP contribution in [-0.4, -0.2) is 17.7 Å². The molecule has 0 unspecified atom stereocenters. The molecule has 0 atom stereocenters. The third-order valence-corrected chi connectivity index (χ3v) is 4.05. The van der Waals surface area contributed by atoms with Crippen molar-refractivity contribution in [1.82, 2.24) is 0 Å². The molecule has 0 radical (unpaired) electrons. The van der Waals surface area contributed by atoms with E-state index < -0.39 is 0 Å². The van der Waals surface area contributed by atoms with Crippen LogP contribution in [0.1, 0.15) is 15.9 Å². The monoisotopic (exact) mass is 380 g/mol. The van der Waals surface area contributed by atoms with Crippen LogP contribution < -0.4 is 4.74 Å². The Bertz CT molecular complexity index is 861. The Hall–Kier alpha value is -2.39. The van der Waals surface area contributed by atoms with E-state index in [9.17, 15) is 4.79 Å². The van der Waals surface area contributed by atoms with Crippen molar-refractivity contribution in [2.24, 2.45) is 0 Å². The van der Waals surface area contributed by atoms with E-state index >= 15 is 0 Å².